The SMILES string of the molecule is CN(Cc1ccc(Br)cc1)S(=O)(=O)c1cccc2nsnc12. The van der Waals surface area contributed by atoms with E-state index >= 15 is 0 Å². The summed E-state index contributed by atoms with van der Waals surface area (Å²) in [4.78, 5) is 0.193. The van der Waals surface area contributed by atoms with Gasteiger partial charge in [-0.25, -0.2) is 8.42 Å². The number of hydrogen-bond acceptors (Lipinski definition) is 5. The summed E-state index contributed by atoms with van der Waals surface area (Å²) in [6.45, 7) is 0.295. The Hall–Kier alpha value is -1.35. The highest BCUT2D eigenvalue weighted by Crippen LogP contribution is 2.24. The van der Waals surface area contributed by atoms with Gasteiger partial charge in [0, 0.05) is 18.1 Å². The zero-order valence-electron chi connectivity index (χ0n) is 11.6. The summed E-state index contributed by atoms with van der Waals surface area (Å²) >= 11 is 4.38. The summed E-state index contributed by atoms with van der Waals surface area (Å²) in [6, 6.07) is 12.6. The minimum Gasteiger partial charge on any atom is -0.207 e. The van der Waals surface area contributed by atoms with E-state index in [-0.39, 0.29) is 4.90 Å². The molecule has 1 aromatic heterocycles. The Bertz CT molecular complexity index is 907. The molecule has 8 heteroatoms. The summed E-state index contributed by atoms with van der Waals surface area (Å²) < 4.78 is 36.0. The van der Waals surface area contributed by atoms with Crippen molar-refractivity contribution in [1.82, 2.24) is 13.1 Å². The van der Waals surface area contributed by atoms with E-state index < -0.39 is 10.0 Å². The molecule has 5 nitrogen and oxygen atoms in total. The normalized spacial score (nSPS) is 12.1. The van der Waals surface area contributed by atoms with Crippen LogP contribution in [0, 0.1) is 0 Å². The molecule has 0 aliphatic carbocycles. The number of rotatable bonds is 4. The van der Waals surface area contributed by atoms with Crippen molar-refractivity contribution in [2.24, 2.45) is 0 Å². The molecule has 0 bridgehead atoms. The Balaban J connectivity index is 1.95. The Morgan fingerprint density at radius 2 is 1.86 bits per heavy atom. The van der Waals surface area contributed by atoms with Gasteiger partial charge in [0.25, 0.3) is 0 Å². The molecule has 3 aromatic rings. The van der Waals surface area contributed by atoms with Crippen molar-refractivity contribution in [2.45, 2.75) is 11.4 Å². The Morgan fingerprint density at radius 1 is 1.14 bits per heavy atom. The molecule has 2 aromatic carbocycles. The van der Waals surface area contributed by atoms with E-state index in [2.05, 4.69) is 24.7 Å². The lowest BCUT2D eigenvalue weighted by molar-refractivity contribution is 0.467. The molecule has 1 heterocycles. The lowest BCUT2D eigenvalue weighted by Gasteiger charge is -2.17. The highest BCUT2D eigenvalue weighted by molar-refractivity contribution is 9.10. The maximum Gasteiger partial charge on any atom is 0.245 e. The van der Waals surface area contributed by atoms with Crippen molar-refractivity contribution in [3.63, 3.8) is 0 Å². The minimum absolute atomic E-state index is 0.193. The molecule has 0 atom stereocenters. The zero-order chi connectivity index (χ0) is 15.7. The first kappa shape index (κ1) is 15.5. The second-order valence-electron chi connectivity index (χ2n) is 4.78. The number of sulfonamides is 1. The first-order valence-electron chi connectivity index (χ1n) is 6.40. The van der Waals surface area contributed by atoms with E-state index in [1.807, 2.05) is 24.3 Å². The fraction of sp³-hybridized carbons (Fsp3) is 0.143. The van der Waals surface area contributed by atoms with Crippen molar-refractivity contribution < 1.29 is 8.42 Å². The number of fused-ring (bicyclic) bond motifs is 1. The summed E-state index contributed by atoms with van der Waals surface area (Å²) in [5, 5.41) is 0. The number of hydrogen-bond donors (Lipinski definition) is 0. The van der Waals surface area contributed by atoms with Crippen LogP contribution in [-0.2, 0) is 16.6 Å². The molecular weight excluding hydrogens is 386 g/mol. The van der Waals surface area contributed by atoms with Crippen LogP contribution in [0.3, 0.4) is 0 Å². The van der Waals surface area contributed by atoms with Crippen LogP contribution >= 0.6 is 27.7 Å². The van der Waals surface area contributed by atoms with E-state index in [9.17, 15) is 8.42 Å². The van der Waals surface area contributed by atoms with Crippen LogP contribution in [0.2, 0.25) is 0 Å². The average molecular weight is 398 g/mol. The van der Waals surface area contributed by atoms with Gasteiger partial charge in [-0.05, 0) is 29.8 Å². The second kappa shape index (κ2) is 6.04. The van der Waals surface area contributed by atoms with Crippen molar-refractivity contribution in [3.8, 4) is 0 Å². The van der Waals surface area contributed by atoms with Gasteiger partial charge >= 0.3 is 0 Å². The van der Waals surface area contributed by atoms with Gasteiger partial charge in [0.15, 0.2) is 0 Å². The monoisotopic (exact) mass is 397 g/mol. The molecule has 3 rings (SSSR count). The molecule has 0 aliphatic heterocycles. The third kappa shape index (κ3) is 2.91. The maximum atomic E-state index is 12.8. The molecule has 114 valence electrons. The summed E-state index contributed by atoms with van der Waals surface area (Å²) in [5.41, 5.74) is 1.94. The number of benzene rings is 2. The average Bonchev–Trinajstić information content (AvgIpc) is 2.97. The van der Waals surface area contributed by atoms with Crippen LogP contribution < -0.4 is 0 Å². The maximum absolute atomic E-state index is 12.8. The van der Waals surface area contributed by atoms with Gasteiger partial charge in [0.2, 0.25) is 10.0 Å². The van der Waals surface area contributed by atoms with Crippen LogP contribution in [0.4, 0.5) is 0 Å². The molecule has 0 N–H and O–H groups in total. The van der Waals surface area contributed by atoms with Crippen LogP contribution in [0.5, 0.6) is 0 Å². The quantitative estimate of drug-likeness (QED) is 0.677. The van der Waals surface area contributed by atoms with Crippen LogP contribution in [0.15, 0.2) is 51.8 Å². The fourth-order valence-corrected chi connectivity index (χ4v) is 4.26. The Labute approximate surface area is 141 Å². The number of aromatic nitrogens is 2. The van der Waals surface area contributed by atoms with E-state index in [0.717, 1.165) is 21.8 Å². The zero-order valence-corrected chi connectivity index (χ0v) is 14.8. The van der Waals surface area contributed by atoms with Crippen LogP contribution in [0.25, 0.3) is 11.0 Å². The van der Waals surface area contributed by atoms with E-state index in [1.54, 1.807) is 25.2 Å². The fourth-order valence-electron chi connectivity index (χ4n) is 2.09. The first-order chi connectivity index (χ1) is 10.5. The number of halogens is 1. The van der Waals surface area contributed by atoms with E-state index in [1.165, 1.54) is 4.31 Å². The Kier molecular flexibility index (Phi) is 4.26. The van der Waals surface area contributed by atoms with Gasteiger partial charge in [-0.2, -0.15) is 13.1 Å². The number of nitrogens with zero attached hydrogens (tertiary/aromatic N) is 3. The summed E-state index contributed by atoms with van der Waals surface area (Å²) in [5.74, 6) is 0. The molecule has 0 unspecified atom stereocenters. The summed E-state index contributed by atoms with van der Waals surface area (Å²) in [7, 11) is -2.05. The molecular formula is C14H12BrN3O2S2. The van der Waals surface area contributed by atoms with Gasteiger partial charge in [0.05, 0.1) is 11.7 Å². The second-order valence-corrected chi connectivity index (χ2v) is 8.23. The van der Waals surface area contributed by atoms with Crippen LogP contribution in [0.1, 0.15) is 5.56 Å². The molecule has 0 saturated carbocycles. The third-order valence-electron chi connectivity index (χ3n) is 3.26. The minimum atomic E-state index is -3.62. The van der Waals surface area contributed by atoms with E-state index in [0.29, 0.717) is 17.6 Å². The molecule has 0 amide bonds. The highest BCUT2D eigenvalue weighted by Gasteiger charge is 2.24. The van der Waals surface area contributed by atoms with Crippen molar-refractivity contribution in [1.29, 1.82) is 0 Å². The van der Waals surface area contributed by atoms with Gasteiger partial charge in [0.1, 0.15) is 15.9 Å². The summed E-state index contributed by atoms with van der Waals surface area (Å²) in [6.07, 6.45) is 0. The third-order valence-corrected chi connectivity index (χ3v) is 6.16. The predicted octanol–water partition coefficient (Wildman–Crippen LogP) is 3.27. The van der Waals surface area contributed by atoms with Crippen molar-refractivity contribution in [3.05, 3.63) is 52.5 Å². The van der Waals surface area contributed by atoms with Crippen LogP contribution in [-0.4, -0.2) is 28.5 Å². The molecule has 0 fully saturated rings. The van der Waals surface area contributed by atoms with Gasteiger partial charge in [-0.3, -0.25) is 0 Å². The van der Waals surface area contributed by atoms with Gasteiger partial charge in [-0.15, -0.1) is 0 Å². The lowest BCUT2D eigenvalue weighted by atomic mass is 10.2. The standard InChI is InChI=1S/C14H12BrN3O2S2/c1-18(9-10-5-7-11(15)8-6-10)22(19,20)13-4-2-3-12-14(13)17-21-16-12/h2-8H,9H2,1H3. The largest absolute Gasteiger partial charge is 0.245 e. The smallest absolute Gasteiger partial charge is 0.207 e. The molecule has 0 radical (unpaired) electrons. The van der Waals surface area contributed by atoms with Crippen molar-refractivity contribution in [2.75, 3.05) is 7.05 Å². The molecule has 0 saturated heterocycles. The van der Waals surface area contributed by atoms with Gasteiger partial charge in [-0.1, -0.05) is 34.1 Å². The molecule has 0 spiro atoms. The topological polar surface area (TPSA) is 63.2 Å². The van der Waals surface area contributed by atoms with Gasteiger partial charge < -0.3 is 0 Å². The molecule has 0 aliphatic rings. The first-order valence-corrected chi connectivity index (χ1v) is 9.37. The molecule has 22 heavy (non-hydrogen) atoms. The predicted molar refractivity (Wildman–Crippen MR) is 90.2 cm³/mol. The highest BCUT2D eigenvalue weighted by atomic mass is 79.9. The Morgan fingerprint density at radius 3 is 2.59 bits per heavy atom. The lowest BCUT2D eigenvalue weighted by Crippen LogP contribution is -2.26. The van der Waals surface area contributed by atoms with Crippen molar-refractivity contribution >= 4 is 48.7 Å². The van der Waals surface area contributed by atoms with E-state index in [4.69, 9.17) is 0 Å².